The van der Waals surface area contributed by atoms with Gasteiger partial charge in [0, 0.05) is 17.5 Å². The number of nitrogen functional groups attached to an aromatic ring is 1. The van der Waals surface area contributed by atoms with E-state index in [0.29, 0.717) is 18.2 Å². The molecule has 0 fully saturated rings. The molecule has 18 heteroatoms. The Morgan fingerprint density at radius 3 is 1.94 bits per heavy atom. The van der Waals surface area contributed by atoms with Crippen molar-refractivity contribution >= 4 is 55.0 Å². The summed E-state index contributed by atoms with van der Waals surface area (Å²) in [6.45, 7) is 0. The van der Waals surface area contributed by atoms with E-state index in [1.165, 1.54) is 0 Å². The van der Waals surface area contributed by atoms with Crippen LogP contribution < -0.4 is 5.73 Å². The number of hydrogen-bond acceptors (Lipinski definition) is 13. The molecule has 3 aromatic carbocycles. The second-order valence-electron chi connectivity index (χ2n) is 6.44. The molecule has 3 rings (SSSR count). The zero-order valence-electron chi connectivity index (χ0n) is 16.2. The highest BCUT2D eigenvalue weighted by atomic mass is 32.2. The lowest BCUT2D eigenvalue weighted by molar-refractivity contribution is -0.394. The van der Waals surface area contributed by atoms with Gasteiger partial charge in [-0.05, 0) is 12.1 Å². The van der Waals surface area contributed by atoms with Crippen molar-refractivity contribution in [3.05, 3.63) is 60.7 Å². The van der Waals surface area contributed by atoms with Gasteiger partial charge in [-0.1, -0.05) is 0 Å². The third-order valence-corrected chi connectivity index (χ3v) is 5.33. The maximum absolute atomic E-state index is 11.8. The fourth-order valence-electron chi connectivity index (χ4n) is 2.93. The predicted molar refractivity (Wildman–Crippen MR) is 112 cm³/mol. The molecule has 0 spiro atoms. The number of aromatic hydroxyl groups is 2. The second-order valence-corrected chi connectivity index (χ2v) is 7.83. The highest BCUT2D eigenvalue weighted by molar-refractivity contribution is 7.86. The maximum Gasteiger partial charge on any atom is 0.319 e. The molecule has 0 aromatic heterocycles. The first-order chi connectivity index (χ1) is 15.7. The molecule has 0 bridgehead atoms. The van der Waals surface area contributed by atoms with Crippen LogP contribution in [-0.2, 0) is 10.1 Å². The van der Waals surface area contributed by atoms with E-state index in [4.69, 9.17) is 5.73 Å². The number of hydrogen-bond donors (Lipinski definition) is 4. The van der Waals surface area contributed by atoms with Crippen LogP contribution in [0.2, 0.25) is 0 Å². The van der Waals surface area contributed by atoms with Crippen LogP contribution in [0.25, 0.3) is 10.8 Å². The average molecular weight is 494 g/mol. The van der Waals surface area contributed by atoms with Gasteiger partial charge < -0.3 is 15.9 Å². The Kier molecular flexibility index (Phi) is 5.70. The lowest BCUT2D eigenvalue weighted by atomic mass is 10.1. The van der Waals surface area contributed by atoms with Gasteiger partial charge >= 0.3 is 11.4 Å². The Morgan fingerprint density at radius 2 is 1.41 bits per heavy atom. The van der Waals surface area contributed by atoms with Crippen LogP contribution >= 0.6 is 0 Å². The van der Waals surface area contributed by atoms with Crippen molar-refractivity contribution in [1.82, 2.24) is 0 Å². The quantitative estimate of drug-likeness (QED) is 0.126. The van der Waals surface area contributed by atoms with Crippen LogP contribution in [0.3, 0.4) is 0 Å². The van der Waals surface area contributed by atoms with Crippen molar-refractivity contribution in [2.75, 3.05) is 5.73 Å². The Labute approximate surface area is 186 Å². The third-order valence-electron chi connectivity index (χ3n) is 4.44. The van der Waals surface area contributed by atoms with E-state index in [1.807, 2.05) is 0 Å². The molecular weight excluding hydrogens is 484 g/mol. The first-order valence-electron chi connectivity index (χ1n) is 8.51. The number of benzene rings is 3. The minimum absolute atomic E-state index is 0.407. The number of nitro benzene ring substituents is 3. The van der Waals surface area contributed by atoms with Gasteiger partial charge in [0.05, 0.1) is 31.9 Å². The van der Waals surface area contributed by atoms with Crippen LogP contribution in [0, 0.1) is 30.3 Å². The normalized spacial score (nSPS) is 11.7. The summed E-state index contributed by atoms with van der Waals surface area (Å²) in [5, 5.41) is 59.4. The maximum atomic E-state index is 11.8. The van der Waals surface area contributed by atoms with Crippen LogP contribution in [0.4, 0.5) is 34.1 Å². The van der Waals surface area contributed by atoms with Gasteiger partial charge in [-0.2, -0.15) is 8.42 Å². The number of anilines is 1. The highest BCUT2D eigenvalue weighted by Crippen LogP contribution is 2.45. The number of phenols is 2. The summed E-state index contributed by atoms with van der Waals surface area (Å²) in [5.74, 6) is -2.18. The molecule has 0 atom stereocenters. The SMILES string of the molecule is Nc1c(N=Nc2cc([N+](=O)[O-])cc([N+](=O)[O-])c2O)cc(S(=O)(=O)O)c2ccc([N+](=O)[O-])c(O)c12. The molecule has 0 saturated heterocycles. The van der Waals surface area contributed by atoms with E-state index < -0.39 is 86.2 Å². The van der Waals surface area contributed by atoms with Crippen molar-refractivity contribution in [1.29, 1.82) is 0 Å². The Bertz CT molecular complexity index is 1550. The van der Waals surface area contributed by atoms with Crippen molar-refractivity contribution in [2.24, 2.45) is 10.2 Å². The smallest absolute Gasteiger partial charge is 0.319 e. The van der Waals surface area contributed by atoms with Gasteiger partial charge in [0.15, 0.2) is 0 Å². The van der Waals surface area contributed by atoms with Gasteiger partial charge in [0.1, 0.15) is 16.3 Å². The molecule has 176 valence electrons. The third kappa shape index (κ3) is 4.08. The molecule has 0 aliphatic rings. The first-order valence-corrected chi connectivity index (χ1v) is 9.95. The zero-order chi connectivity index (χ0) is 25.5. The summed E-state index contributed by atoms with van der Waals surface area (Å²) < 4.78 is 33.2. The summed E-state index contributed by atoms with van der Waals surface area (Å²) in [5.41, 5.74) is 1.13. The van der Waals surface area contributed by atoms with E-state index in [1.54, 1.807) is 0 Å². The Hall–Kier alpha value is -4.97. The van der Waals surface area contributed by atoms with Crippen molar-refractivity contribution in [3.8, 4) is 11.5 Å². The van der Waals surface area contributed by atoms with Crippen molar-refractivity contribution in [2.45, 2.75) is 4.90 Å². The van der Waals surface area contributed by atoms with Crippen LogP contribution in [0.5, 0.6) is 11.5 Å². The standard InChI is InChI=1S/C16H10N6O11S/c17-14-8(18-19-9-3-6(20(25)26)4-11(15(9)23)22(29)30)5-12(34(31,32)33)7-1-2-10(21(27)28)16(24)13(7)14/h1-5,23-24H,17H2,(H,31,32,33). The molecule has 5 N–H and O–H groups in total. The summed E-state index contributed by atoms with van der Waals surface area (Å²) >= 11 is 0. The van der Waals surface area contributed by atoms with Gasteiger partial charge in [-0.15, -0.1) is 10.2 Å². The number of fused-ring (bicyclic) bond motifs is 1. The van der Waals surface area contributed by atoms with E-state index >= 15 is 0 Å². The summed E-state index contributed by atoms with van der Waals surface area (Å²) in [6, 6.07) is 3.43. The largest absolute Gasteiger partial charge is 0.502 e. The second kappa shape index (κ2) is 8.18. The summed E-state index contributed by atoms with van der Waals surface area (Å²) in [4.78, 5) is 29.2. The molecule has 0 unspecified atom stereocenters. The molecule has 17 nitrogen and oxygen atoms in total. The number of nitrogens with zero attached hydrogens (tertiary/aromatic N) is 5. The zero-order valence-corrected chi connectivity index (χ0v) is 17.0. The minimum Gasteiger partial charge on any atom is -0.502 e. The number of non-ortho nitro benzene ring substituents is 1. The molecule has 0 aliphatic carbocycles. The molecule has 3 aromatic rings. The highest BCUT2D eigenvalue weighted by Gasteiger charge is 2.27. The minimum atomic E-state index is -5.01. The molecule has 0 amide bonds. The van der Waals surface area contributed by atoms with Gasteiger partial charge in [-0.3, -0.25) is 34.9 Å². The molecule has 0 saturated carbocycles. The molecule has 0 radical (unpaired) electrons. The first kappa shape index (κ1) is 23.7. The fraction of sp³-hybridized carbons (Fsp3) is 0. The van der Waals surface area contributed by atoms with E-state index in [2.05, 4.69) is 10.2 Å². The monoisotopic (exact) mass is 494 g/mol. The topological polar surface area (TPSA) is 275 Å². The summed E-state index contributed by atoms with van der Waals surface area (Å²) in [6.07, 6.45) is 0. The number of nitro groups is 3. The summed E-state index contributed by atoms with van der Waals surface area (Å²) in [7, 11) is -5.01. The lowest BCUT2D eigenvalue weighted by Crippen LogP contribution is -2.02. The van der Waals surface area contributed by atoms with Crippen LogP contribution in [0.15, 0.2) is 45.5 Å². The van der Waals surface area contributed by atoms with Gasteiger partial charge in [0.25, 0.3) is 15.8 Å². The van der Waals surface area contributed by atoms with Crippen molar-refractivity contribution in [3.63, 3.8) is 0 Å². The Balaban J connectivity index is 2.34. The van der Waals surface area contributed by atoms with Gasteiger partial charge in [-0.25, -0.2) is 0 Å². The fourth-order valence-corrected chi connectivity index (χ4v) is 3.64. The van der Waals surface area contributed by atoms with Crippen LogP contribution in [0.1, 0.15) is 0 Å². The van der Waals surface area contributed by atoms with Crippen molar-refractivity contribution < 1.29 is 38.0 Å². The van der Waals surface area contributed by atoms with E-state index in [9.17, 15) is 53.5 Å². The van der Waals surface area contributed by atoms with E-state index in [-0.39, 0.29) is 0 Å². The number of nitrogens with two attached hydrogens (primary N) is 1. The molecular formula is C16H10N6O11S. The van der Waals surface area contributed by atoms with Gasteiger partial charge in [0.2, 0.25) is 11.5 Å². The lowest BCUT2D eigenvalue weighted by Gasteiger charge is -2.11. The number of phenolic OH excluding ortho intramolecular Hbond substituents is 2. The number of azo groups is 1. The van der Waals surface area contributed by atoms with E-state index in [0.717, 1.165) is 12.1 Å². The predicted octanol–water partition coefficient (Wildman–Crippen LogP) is 3.22. The van der Waals surface area contributed by atoms with Crippen LogP contribution in [-0.4, -0.2) is 38.0 Å². The molecule has 0 heterocycles. The average Bonchev–Trinajstić information content (AvgIpc) is 2.72. The number of rotatable bonds is 6. The molecule has 34 heavy (non-hydrogen) atoms. The molecule has 0 aliphatic heterocycles. The Morgan fingerprint density at radius 1 is 0.824 bits per heavy atom.